The number of alkyl halides is 1. The predicted molar refractivity (Wildman–Crippen MR) is 84.8 cm³/mol. The minimum Gasteiger partial charge on any atom is -0.376 e. The molecule has 0 bridgehead atoms. The van der Waals surface area contributed by atoms with Crippen molar-refractivity contribution in [1.82, 2.24) is 0 Å². The summed E-state index contributed by atoms with van der Waals surface area (Å²) in [5.41, 5.74) is 3.69. The van der Waals surface area contributed by atoms with Gasteiger partial charge in [0.25, 0.3) is 0 Å². The summed E-state index contributed by atoms with van der Waals surface area (Å²) in [7, 11) is 0. The Bertz CT molecular complexity index is 547. The van der Waals surface area contributed by atoms with Crippen LogP contribution in [-0.4, -0.2) is 25.9 Å². The largest absolute Gasteiger partial charge is 0.376 e. The van der Waals surface area contributed by atoms with E-state index in [1.807, 2.05) is 6.07 Å². The van der Waals surface area contributed by atoms with Crippen molar-refractivity contribution in [2.45, 2.75) is 17.9 Å². The fourth-order valence-corrected chi connectivity index (χ4v) is 2.83. The van der Waals surface area contributed by atoms with Gasteiger partial charge in [-0.05, 0) is 23.1 Å². The van der Waals surface area contributed by atoms with Gasteiger partial charge in [-0.25, -0.2) is 0 Å². The molecular weight excluding hydrogens is 284 g/mol. The molecule has 0 radical (unpaired) electrons. The molecule has 21 heavy (non-hydrogen) atoms. The topological polar surface area (TPSA) is 18.5 Å². The van der Waals surface area contributed by atoms with E-state index in [0.717, 1.165) is 12.0 Å². The van der Waals surface area contributed by atoms with Gasteiger partial charge in [-0.1, -0.05) is 54.6 Å². The van der Waals surface area contributed by atoms with Crippen molar-refractivity contribution in [2.24, 2.45) is 0 Å². The van der Waals surface area contributed by atoms with Crippen molar-refractivity contribution in [3.63, 3.8) is 0 Å². The number of ether oxygens (including phenoxy) is 2. The van der Waals surface area contributed by atoms with Crippen LogP contribution in [0.15, 0.2) is 54.6 Å². The molecule has 1 heterocycles. The van der Waals surface area contributed by atoms with E-state index in [1.165, 1.54) is 11.1 Å². The monoisotopic (exact) mass is 302 g/mol. The zero-order valence-electron chi connectivity index (χ0n) is 11.9. The molecule has 1 fully saturated rings. The summed E-state index contributed by atoms with van der Waals surface area (Å²) in [4.78, 5) is 0. The highest BCUT2D eigenvalue weighted by molar-refractivity contribution is 6.21. The summed E-state index contributed by atoms with van der Waals surface area (Å²) < 4.78 is 11.1. The van der Waals surface area contributed by atoms with E-state index in [2.05, 4.69) is 48.5 Å². The van der Waals surface area contributed by atoms with Crippen molar-refractivity contribution < 1.29 is 9.47 Å². The normalized spacial score (nSPS) is 20.1. The molecule has 0 aliphatic carbocycles. The summed E-state index contributed by atoms with van der Waals surface area (Å²) >= 11 is 6.49. The summed E-state index contributed by atoms with van der Waals surface area (Å²) in [6, 6.07) is 18.9. The second-order valence-corrected chi connectivity index (χ2v) is 5.76. The average Bonchev–Trinajstić information content (AvgIpc) is 2.57. The van der Waals surface area contributed by atoms with Crippen LogP contribution in [0.25, 0.3) is 0 Å². The van der Waals surface area contributed by atoms with Crippen LogP contribution in [-0.2, 0) is 15.9 Å². The van der Waals surface area contributed by atoms with Gasteiger partial charge in [-0.3, -0.25) is 0 Å². The quantitative estimate of drug-likeness (QED) is 0.796. The number of hydrogen-bond donors (Lipinski definition) is 0. The van der Waals surface area contributed by atoms with Crippen molar-refractivity contribution in [2.75, 3.05) is 19.8 Å². The number of hydrogen-bond acceptors (Lipinski definition) is 2. The standard InChI is InChI=1S/C18H19ClO2/c19-18(17-13-20-10-11-21-17)16-8-6-15(7-9-16)12-14-4-2-1-3-5-14/h1-9,17-18H,10-13H2. The summed E-state index contributed by atoms with van der Waals surface area (Å²) in [6.07, 6.45) is 0.886. The maximum Gasteiger partial charge on any atom is 0.101 e. The molecule has 3 rings (SSSR count). The Morgan fingerprint density at radius 1 is 0.952 bits per heavy atom. The molecule has 2 aromatic carbocycles. The Morgan fingerprint density at radius 2 is 1.67 bits per heavy atom. The summed E-state index contributed by atoms with van der Waals surface area (Å²) in [5.74, 6) is 0. The zero-order valence-corrected chi connectivity index (χ0v) is 12.6. The van der Waals surface area contributed by atoms with Gasteiger partial charge in [0.05, 0.1) is 25.2 Å². The second-order valence-electron chi connectivity index (χ2n) is 5.29. The maximum absolute atomic E-state index is 6.49. The lowest BCUT2D eigenvalue weighted by Gasteiger charge is -2.27. The molecule has 0 aromatic heterocycles. The molecule has 1 aliphatic rings. The molecule has 2 unspecified atom stereocenters. The van der Waals surface area contributed by atoms with Gasteiger partial charge in [-0.2, -0.15) is 0 Å². The van der Waals surface area contributed by atoms with Gasteiger partial charge in [-0.15, -0.1) is 11.6 Å². The van der Waals surface area contributed by atoms with Crippen LogP contribution >= 0.6 is 11.6 Å². The van der Waals surface area contributed by atoms with E-state index in [-0.39, 0.29) is 11.5 Å². The fraction of sp³-hybridized carbons (Fsp3) is 0.333. The molecule has 3 heteroatoms. The molecule has 0 spiro atoms. The lowest BCUT2D eigenvalue weighted by atomic mass is 10.0. The molecular formula is C18H19ClO2. The first-order valence-corrected chi connectivity index (χ1v) is 7.73. The third kappa shape index (κ3) is 3.85. The number of halogens is 1. The molecule has 0 N–H and O–H groups in total. The second kappa shape index (κ2) is 7.08. The smallest absolute Gasteiger partial charge is 0.101 e. The van der Waals surface area contributed by atoms with Gasteiger partial charge in [0, 0.05) is 0 Å². The van der Waals surface area contributed by atoms with E-state index in [1.54, 1.807) is 0 Å². The minimum atomic E-state index is -0.156. The summed E-state index contributed by atoms with van der Waals surface area (Å²) in [5, 5.41) is -0.156. The van der Waals surface area contributed by atoms with Crippen molar-refractivity contribution >= 4 is 11.6 Å². The van der Waals surface area contributed by atoms with Crippen LogP contribution < -0.4 is 0 Å². The Labute approximate surface area is 130 Å². The van der Waals surface area contributed by atoms with E-state index >= 15 is 0 Å². The molecule has 2 aromatic rings. The molecule has 2 atom stereocenters. The predicted octanol–water partition coefficient (Wildman–Crippen LogP) is 3.97. The molecule has 0 saturated carbocycles. The minimum absolute atomic E-state index is 0.0552. The fourth-order valence-electron chi connectivity index (χ4n) is 2.54. The Morgan fingerprint density at radius 3 is 2.33 bits per heavy atom. The lowest BCUT2D eigenvalue weighted by molar-refractivity contribution is -0.0892. The van der Waals surface area contributed by atoms with Crippen LogP contribution in [0.4, 0.5) is 0 Å². The zero-order chi connectivity index (χ0) is 14.5. The first-order chi connectivity index (χ1) is 10.3. The average molecular weight is 303 g/mol. The molecule has 1 saturated heterocycles. The maximum atomic E-state index is 6.49. The number of benzene rings is 2. The van der Waals surface area contributed by atoms with Crippen LogP contribution in [0.1, 0.15) is 22.1 Å². The van der Waals surface area contributed by atoms with Gasteiger partial charge in [0.1, 0.15) is 6.10 Å². The molecule has 1 aliphatic heterocycles. The first-order valence-electron chi connectivity index (χ1n) is 7.29. The van der Waals surface area contributed by atoms with Crippen LogP contribution in [0, 0.1) is 0 Å². The van der Waals surface area contributed by atoms with Crippen LogP contribution in [0.2, 0.25) is 0 Å². The van der Waals surface area contributed by atoms with Crippen LogP contribution in [0.3, 0.4) is 0 Å². The Kier molecular flexibility index (Phi) is 4.91. The highest BCUT2D eigenvalue weighted by atomic mass is 35.5. The third-order valence-corrected chi connectivity index (χ3v) is 4.25. The van der Waals surface area contributed by atoms with Gasteiger partial charge in [0.15, 0.2) is 0 Å². The van der Waals surface area contributed by atoms with Crippen molar-refractivity contribution in [3.8, 4) is 0 Å². The highest BCUT2D eigenvalue weighted by Crippen LogP contribution is 2.28. The number of rotatable bonds is 4. The lowest BCUT2D eigenvalue weighted by Crippen LogP contribution is -2.31. The van der Waals surface area contributed by atoms with Crippen molar-refractivity contribution in [3.05, 3.63) is 71.3 Å². The van der Waals surface area contributed by atoms with Gasteiger partial charge >= 0.3 is 0 Å². The first kappa shape index (κ1) is 14.6. The van der Waals surface area contributed by atoms with E-state index in [9.17, 15) is 0 Å². The Hall–Kier alpha value is -1.35. The highest BCUT2D eigenvalue weighted by Gasteiger charge is 2.24. The van der Waals surface area contributed by atoms with Crippen molar-refractivity contribution in [1.29, 1.82) is 0 Å². The van der Waals surface area contributed by atoms with Gasteiger partial charge in [0.2, 0.25) is 0 Å². The molecule has 110 valence electrons. The SMILES string of the molecule is ClC(c1ccc(Cc2ccccc2)cc1)C1COCCO1. The van der Waals surface area contributed by atoms with Crippen LogP contribution in [0.5, 0.6) is 0 Å². The third-order valence-electron chi connectivity index (χ3n) is 3.72. The van der Waals surface area contributed by atoms with Gasteiger partial charge < -0.3 is 9.47 Å². The van der Waals surface area contributed by atoms with E-state index in [4.69, 9.17) is 21.1 Å². The summed E-state index contributed by atoms with van der Waals surface area (Å²) in [6.45, 7) is 1.86. The van der Waals surface area contributed by atoms with E-state index < -0.39 is 0 Å². The molecule has 2 nitrogen and oxygen atoms in total. The van der Waals surface area contributed by atoms with E-state index in [0.29, 0.717) is 19.8 Å². The molecule has 0 amide bonds. The Balaban J connectivity index is 1.66.